The molecule has 0 aromatic heterocycles. The highest BCUT2D eigenvalue weighted by Gasteiger charge is 2.50. The van der Waals surface area contributed by atoms with Crippen LogP contribution in [0.5, 0.6) is 0 Å². The van der Waals surface area contributed by atoms with E-state index in [1.54, 1.807) is 64.2 Å². The summed E-state index contributed by atoms with van der Waals surface area (Å²) in [6, 6.07) is 0. The zero-order valence-corrected chi connectivity index (χ0v) is 10.5. The second-order valence-corrected chi connectivity index (χ2v) is 7.21. The molecular weight excluding hydrogens is 192 g/mol. The number of hydrogen-bond donors (Lipinski definition) is 0. The zero-order valence-electron chi connectivity index (χ0n) is 10.5. The van der Waals surface area contributed by atoms with E-state index in [2.05, 4.69) is 0 Å². The molecule has 0 amide bonds. The summed E-state index contributed by atoms with van der Waals surface area (Å²) in [7, 11) is 0. The average Bonchev–Trinajstić information content (AvgIpc) is 2.36. The molecule has 0 heteroatoms. The fourth-order valence-electron chi connectivity index (χ4n) is 6.28. The van der Waals surface area contributed by atoms with Crippen molar-refractivity contribution >= 4 is 0 Å². The van der Waals surface area contributed by atoms with Crippen molar-refractivity contribution in [2.45, 2.75) is 64.2 Å². The summed E-state index contributed by atoms with van der Waals surface area (Å²) in [4.78, 5) is 0. The van der Waals surface area contributed by atoms with Crippen LogP contribution in [0.2, 0.25) is 0 Å². The van der Waals surface area contributed by atoms with Gasteiger partial charge in [0.1, 0.15) is 0 Å². The summed E-state index contributed by atoms with van der Waals surface area (Å²) in [5, 5.41) is 0. The lowest BCUT2D eigenvalue weighted by molar-refractivity contribution is -0.0760. The normalized spacial score (nSPS) is 55.5. The first-order valence-electron chi connectivity index (χ1n) is 7.93. The molecule has 16 heavy (non-hydrogen) atoms. The van der Waals surface area contributed by atoms with Crippen molar-refractivity contribution in [3.63, 3.8) is 0 Å². The first kappa shape index (κ1) is 9.97. The molecule has 0 saturated heterocycles. The Morgan fingerprint density at radius 3 is 1.00 bits per heavy atom. The summed E-state index contributed by atoms with van der Waals surface area (Å²) < 4.78 is 0. The van der Waals surface area contributed by atoms with E-state index in [1.165, 1.54) is 35.5 Å². The maximum absolute atomic E-state index is 1.61. The Bertz CT molecular complexity index is 217. The standard InChI is InChI=1S/C16H26/c1-3-11-7-9-13-5-2-6-14-10-8-12(4-1)15(11)16(13)14/h11-16H,1-10H2/t11-,12+,13+,14-,15?,16?. The summed E-state index contributed by atoms with van der Waals surface area (Å²) in [6.45, 7) is 0. The van der Waals surface area contributed by atoms with Gasteiger partial charge in [0.05, 0.1) is 0 Å². The molecule has 90 valence electrons. The van der Waals surface area contributed by atoms with Gasteiger partial charge in [0.15, 0.2) is 0 Å². The van der Waals surface area contributed by atoms with Crippen molar-refractivity contribution in [2.24, 2.45) is 35.5 Å². The molecule has 4 saturated carbocycles. The van der Waals surface area contributed by atoms with E-state index in [0.717, 1.165) is 0 Å². The van der Waals surface area contributed by atoms with Crippen molar-refractivity contribution in [1.82, 2.24) is 0 Å². The van der Waals surface area contributed by atoms with Gasteiger partial charge in [-0.1, -0.05) is 38.5 Å². The quantitative estimate of drug-likeness (QED) is 0.555. The summed E-state index contributed by atoms with van der Waals surface area (Å²) in [5.74, 6) is 7.07. The molecule has 4 rings (SSSR count). The lowest BCUT2D eigenvalue weighted by Gasteiger charge is -2.57. The van der Waals surface area contributed by atoms with E-state index in [9.17, 15) is 0 Å². The van der Waals surface area contributed by atoms with Gasteiger partial charge in [0, 0.05) is 0 Å². The Hall–Kier alpha value is 0. The molecular formula is C16H26. The van der Waals surface area contributed by atoms with Crippen LogP contribution in [-0.2, 0) is 0 Å². The fourth-order valence-corrected chi connectivity index (χ4v) is 6.28. The molecule has 4 aliphatic rings. The van der Waals surface area contributed by atoms with Gasteiger partial charge in [-0.2, -0.15) is 0 Å². The van der Waals surface area contributed by atoms with E-state index >= 15 is 0 Å². The molecule has 0 nitrogen and oxygen atoms in total. The van der Waals surface area contributed by atoms with Gasteiger partial charge in [0.25, 0.3) is 0 Å². The topological polar surface area (TPSA) is 0 Å². The van der Waals surface area contributed by atoms with Crippen molar-refractivity contribution < 1.29 is 0 Å². The third-order valence-electron chi connectivity index (χ3n) is 6.74. The molecule has 0 radical (unpaired) electrons. The average molecular weight is 218 g/mol. The molecule has 0 N–H and O–H groups in total. The summed E-state index contributed by atoms with van der Waals surface area (Å²) >= 11 is 0. The van der Waals surface area contributed by atoms with E-state index < -0.39 is 0 Å². The Kier molecular flexibility index (Phi) is 2.34. The molecule has 0 aromatic rings. The Labute approximate surface area is 100 Å². The van der Waals surface area contributed by atoms with Crippen LogP contribution in [0.25, 0.3) is 0 Å². The predicted molar refractivity (Wildman–Crippen MR) is 67.1 cm³/mol. The highest BCUT2D eigenvalue weighted by Crippen LogP contribution is 2.59. The van der Waals surface area contributed by atoms with Crippen LogP contribution < -0.4 is 0 Å². The van der Waals surface area contributed by atoms with Crippen molar-refractivity contribution in [3.05, 3.63) is 0 Å². The lowest BCUT2D eigenvalue weighted by Crippen LogP contribution is -2.49. The highest BCUT2D eigenvalue weighted by atomic mass is 14.6. The van der Waals surface area contributed by atoms with Gasteiger partial charge in [-0.25, -0.2) is 0 Å². The van der Waals surface area contributed by atoms with E-state index in [4.69, 9.17) is 0 Å². The maximum atomic E-state index is 1.61. The van der Waals surface area contributed by atoms with Gasteiger partial charge >= 0.3 is 0 Å². The van der Waals surface area contributed by atoms with Crippen LogP contribution in [0, 0.1) is 35.5 Å². The SMILES string of the molecule is C1C[C@@H]2CC[C@@H]3CCC[C@@H]4CC[C@H](C1)C2C43. The van der Waals surface area contributed by atoms with Crippen LogP contribution in [0.3, 0.4) is 0 Å². The van der Waals surface area contributed by atoms with Crippen molar-refractivity contribution in [1.29, 1.82) is 0 Å². The first-order valence-corrected chi connectivity index (χ1v) is 7.93. The van der Waals surface area contributed by atoms with Gasteiger partial charge in [-0.3, -0.25) is 0 Å². The molecule has 0 bridgehead atoms. The minimum Gasteiger partial charge on any atom is -0.0528 e. The molecule has 0 aliphatic heterocycles. The van der Waals surface area contributed by atoms with Crippen molar-refractivity contribution in [3.8, 4) is 0 Å². The third kappa shape index (κ3) is 1.34. The molecule has 2 unspecified atom stereocenters. The number of hydrogen-bond acceptors (Lipinski definition) is 0. The van der Waals surface area contributed by atoms with E-state index in [1.807, 2.05) is 0 Å². The molecule has 4 aliphatic carbocycles. The molecule has 6 atom stereocenters. The Balaban J connectivity index is 1.67. The second kappa shape index (κ2) is 3.75. The zero-order chi connectivity index (χ0) is 10.5. The monoisotopic (exact) mass is 218 g/mol. The Morgan fingerprint density at radius 2 is 0.688 bits per heavy atom. The second-order valence-electron chi connectivity index (χ2n) is 7.21. The van der Waals surface area contributed by atoms with Gasteiger partial charge in [-0.05, 0) is 61.2 Å². The molecule has 0 aromatic carbocycles. The molecule has 4 fully saturated rings. The fraction of sp³-hybridized carbons (Fsp3) is 1.00. The number of rotatable bonds is 0. The lowest BCUT2D eigenvalue weighted by atomic mass is 9.48. The van der Waals surface area contributed by atoms with Crippen molar-refractivity contribution in [2.75, 3.05) is 0 Å². The molecule has 0 spiro atoms. The van der Waals surface area contributed by atoms with Crippen LogP contribution in [-0.4, -0.2) is 0 Å². The van der Waals surface area contributed by atoms with Crippen LogP contribution in [0.15, 0.2) is 0 Å². The van der Waals surface area contributed by atoms with Gasteiger partial charge < -0.3 is 0 Å². The minimum absolute atomic E-state index is 1.17. The van der Waals surface area contributed by atoms with Crippen LogP contribution in [0.4, 0.5) is 0 Å². The van der Waals surface area contributed by atoms with Gasteiger partial charge in [0.2, 0.25) is 0 Å². The third-order valence-corrected chi connectivity index (χ3v) is 6.74. The predicted octanol–water partition coefficient (Wildman–Crippen LogP) is 4.64. The molecule has 0 heterocycles. The maximum Gasteiger partial charge on any atom is -0.0324 e. The smallest absolute Gasteiger partial charge is 0.0324 e. The van der Waals surface area contributed by atoms with Gasteiger partial charge in [-0.15, -0.1) is 0 Å². The van der Waals surface area contributed by atoms with Crippen LogP contribution >= 0.6 is 0 Å². The van der Waals surface area contributed by atoms with Crippen LogP contribution in [0.1, 0.15) is 64.2 Å². The first-order chi connectivity index (χ1) is 7.93. The highest BCUT2D eigenvalue weighted by molar-refractivity contribution is 5.00. The van der Waals surface area contributed by atoms with E-state index in [-0.39, 0.29) is 0 Å². The minimum atomic E-state index is 1.17. The van der Waals surface area contributed by atoms with E-state index in [0.29, 0.717) is 0 Å². The summed E-state index contributed by atoms with van der Waals surface area (Å²) in [6.07, 6.45) is 15.9. The largest absolute Gasteiger partial charge is 0.0528 e. The summed E-state index contributed by atoms with van der Waals surface area (Å²) in [5.41, 5.74) is 0. The Morgan fingerprint density at radius 1 is 0.375 bits per heavy atom.